The average molecular weight is 273 g/mol. The first kappa shape index (κ1) is 13.4. The summed E-state index contributed by atoms with van der Waals surface area (Å²) in [7, 11) is 1.67. The van der Waals surface area contributed by atoms with Gasteiger partial charge in [0.1, 0.15) is 22.4 Å². The molecule has 0 saturated heterocycles. The Hall–Kier alpha value is -2.06. The molecule has 98 valence electrons. The van der Waals surface area contributed by atoms with Crippen molar-refractivity contribution in [2.75, 3.05) is 19.0 Å². The molecule has 0 bridgehead atoms. The number of benzene rings is 1. The van der Waals surface area contributed by atoms with Crippen LogP contribution in [-0.4, -0.2) is 18.0 Å². The lowest BCUT2D eigenvalue weighted by atomic mass is 10.1. The van der Waals surface area contributed by atoms with Crippen LogP contribution in [0.3, 0.4) is 0 Å². The lowest BCUT2D eigenvalue weighted by Crippen LogP contribution is -2.05. The molecular weight excluding hydrogens is 258 g/mol. The molecule has 19 heavy (non-hydrogen) atoms. The zero-order valence-corrected chi connectivity index (χ0v) is 11.8. The SMILES string of the molecule is COc1ccccc1CCNc1snc(C)c1C#N. The summed E-state index contributed by atoms with van der Waals surface area (Å²) in [5, 5.41) is 13.1. The average Bonchev–Trinajstić information content (AvgIpc) is 2.79. The summed E-state index contributed by atoms with van der Waals surface area (Å²) < 4.78 is 9.49. The molecule has 0 spiro atoms. The van der Waals surface area contributed by atoms with E-state index < -0.39 is 0 Å². The highest BCUT2D eigenvalue weighted by molar-refractivity contribution is 7.10. The number of nitriles is 1. The van der Waals surface area contributed by atoms with E-state index in [2.05, 4.69) is 15.8 Å². The van der Waals surface area contributed by atoms with Crippen LogP contribution in [0.5, 0.6) is 5.75 Å². The van der Waals surface area contributed by atoms with Gasteiger partial charge in [-0.3, -0.25) is 0 Å². The van der Waals surface area contributed by atoms with Crippen molar-refractivity contribution < 1.29 is 4.74 Å². The Bertz CT molecular complexity index is 601. The zero-order valence-electron chi connectivity index (χ0n) is 10.9. The molecule has 2 rings (SSSR count). The van der Waals surface area contributed by atoms with E-state index in [1.54, 1.807) is 7.11 Å². The van der Waals surface area contributed by atoms with E-state index in [1.807, 2.05) is 31.2 Å². The van der Waals surface area contributed by atoms with Gasteiger partial charge in [-0.2, -0.15) is 9.64 Å². The third kappa shape index (κ3) is 3.04. The molecule has 0 radical (unpaired) electrons. The predicted molar refractivity (Wildman–Crippen MR) is 76.8 cm³/mol. The van der Waals surface area contributed by atoms with E-state index in [-0.39, 0.29) is 0 Å². The molecule has 0 unspecified atom stereocenters. The van der Waals surface area contributed by atoms with Crippen molar-refractivity contribution in [2.45, 2.75) is 13.3 Å². The van der Waals surface area contributed by atoms with Gasteiger partial charge in [-0.05, 0) is 36.5 Å². The van der Waals surface area contributed by atoms with Gasteiger partial charge in [-0.1, -0.05) is 18.2 Å². The Morgan fingerprint density at radius 2 is 2.21 bits per heavy atom. The van der Waals surface area contributed by atoms with E-state index in [9.17, 15) is 0 Å². The van der Waals surface area contributed by atoms with Crippen LogP contribution in [0.1, 0.15) is 16.8 Å². The Labute approximate surface area is 116 Å². The van der Waals surface area contributed by atoms with Gasteiger partial charge >= 0.3 is 0 Å². The Morgan fingerprint density at radius 1 is 1.42 bits per heavy atom. The van der Waals surface area contributed by atoms with Crippen LogP contribution >= 0.6 is 11.5 Å². The molecule has 1 aromatic carbocycles. The lowest BCUT2D eigenvalue weighted by Gasteiger charge is -2.08. The van der Waals surface area contributed by atoms with Crippen LogP contribution < -0.4 is 10.1 Å². The normalized spacial score (nSPS) is 9.95. The number of nitrogens with zero attached hydrogens (tertiary/aromatic N) is 2. The second-order valence-corrected chi connectivity index (χ2v) is 4.85. The van der Waals surface area contributed by atoms with Crippen molar-refractivity contribution in [3.05, 3.63) is 41.1 Å². The number of aryl methyl sites for hydroxylation is 1. The number of para-hydroxylation sites is 1. The fourth-order valence-corrected chi connectivity index (χ4v) is 2.61. The number of methoxy groups -OCH3 is 1. The summed E-state index contributed by atoms with van der Waals surface area (Å²) in [6, 6.07) is 10.1. The summed E-state index contributed by atoms with van der Waals surface area (Å²) in [6.07, 6.45) is 0.839. The summed E-state index contributed by atoms with van der Waals surface area (Å²) in [5.74, 6) is 0.894. The van der Waals surface area contributed by atoms with Gasteiger partial charge in [0.15, 0.2) is 0 Å². The Kier molecular flexibility index (Phi) is 4.37. The number of nitrogens with one attached hydrogen (secondary N) is 1. The van der Waals surface area contributed by atoms with Crippen molar-refractivity contribution in [1.82, 2.24) is 4.37 Å². The third-order valence-corrected chi connectivity index (χ3v) is 3.74. The Morgan fingerprint density at radius 3 is 2.95 bits per heavy atom. The first-order valence-electron chi connectivity index (χ1n) is 5.98. The third-order valence-electron chi connectivity index (χ3n) is 2.85. The first-order chi connectivity index (χ1) is 9.26. The molecule has 1 heterocycles. The van der Waals surface area contributed by atoms with Crippen molar-refractivity contribution in [1.29, 1.82) is 5.26 Å². The van der Waals surface area contributed by atoms with Crippen LogP contribution in [0.2, 0.25) is 0 Å². The highest BCUT2D eigenvalue weighted by Crippen LogP contribution is 2.24. The maximum absolute atomic E-state index is 9.04. The molecule has 0 aliphatic carbocycles. The molecule has 5 heteroatoms. The fourth-order valence-electron chi connectivity index (χ4n) is 1.84. The standard InChI is InChI=1S/C14H15N3OS/c1-10-12(9-15)14(19-17-10)16-8-7-11-5-3-4-6-13(11)18-2/h3-6,16H,7-8H2,1-2H3. The molecule has 0 saturated carbocycles. The van der Waals surface area contributed by atoms with Crippen LogP contribution in [0.25, 0.3) is 0 Å². The summed E-state index contributed by atoms with van der Waals surface area (Å²) in [6.45, 7) is 2.59. The largest absolute Gasteiger partial charge is 0.496 e. The Balaban J connectivity index is 1.99. The molecule has 0 atom stereocenters. The van der Waals surface area contributed by atoms with Gasteiger partial charge in [-0.15, -0.1) is 0 Å². The molecular formula is C14H15N3OS. The molecule has 4 nitrogen and oxygen atoms in total. The highest BCUT2D eigenvalue weighted by atomic mass is 32.1. The number of ether oxygens (including phenoxy) is 1. The number of aromatic nitrogens is 1. The number of hydrogen-bond acceptors (Lipinski definition) is 5. The molecule has 0 fully saturated rings. The predicted octanol–water partition coefficient (Wildman–Crippen LogP) is 2.99. The van der Waals surface area contributed by atoms with E-state index in [1.165, 1.54) is 11.5 Å². The minimum Gasteiger partial charge on any atom is -0.496 e. The van der Waals surface area contributed by atoms with Crippen molar-refractivity contribution >= 4 is 16.5 Å². The molecule has 2 aromatic rings. The maximum atomic E-state index is 9.04. The van der Waals surface area contributed by atoms with Gasteiger partial charge in [0.2, 0.25) is 0 Å². The van der Waals surface area contributed by atoms with Gasteiger partial charge in [0, 0.05) is 6.54 Å². The second kappa shape index (κ2) is 6.21. The fraction of sp³-hybridized carbons (Fsp3) is 0.286. The topological polar surface area (TPSA) is 57.9 Å². The van der Waals surface area contributed by atoms with Gasteiger partial charge in [-0.25, -0.2) is 0 Å². The molecule has 1 N–H and O–H groups in total. The van der Waals surface area contributed by atoms with Crippen molar-refractivity contribution in [3.63, 3.8) is 0 Å². The first-order valence-corrected chi connectivity index (χ1v) is 6.75. The maximum Gasteiger partial charge on any atom is 0.127 e. The molecule has 0 aliphatic heterocycles. The van der Waals surface area contributed by atoms with Gasteiger partial charge in [0.05, 0.1) is 12.8 Å². The van der Waals surface area contributed by atoms with Gasteiger partial charge < -0.3 is 10.1 Å². The summed E-state index contributed by atoms with van der Waals surface area (Å²) in [4.78, 5) is 0. The van der Waals surface area contributed by atoms with Crippen molar-refractivity contribution in [2.24, 2.45) is 0 Å². The van der Waals surface area contributed by atoms with E-state index in [0.29, 0.717) is 5.56 Å². The summed E-state index contributed by atoms with van der Waals surface area (Å²) in [5.41, 5.74) is 2.58. The smallest absolute Gasteiger partial charge is 0.127 e. The number of rotatable bonds is 5. The zero-order chi connectivity index (χ0) is 13.7. The summed E-state index contributed by atoms with van der Waals surface area (Å²) >= 11 is 1.33. The minimum absolute atomic E-state index is 0.644. The van der Waals surface area contributed by atoms with Crippen LogP contribution in [0.15, 0.2) is 24.3 Å². The van der Waals surface area contributed by atoms with Crippen LogP contribution in [0.4, 0.5) is 5.00 Å². The molecule has 0 aliphatic rings. The lowest BCUT2D eigenvalue weighted by molar-refractivity contribution is 0.410. The van der Waals surface area contributed by atoms with E-state index in [0.717, 1.165) is 35.0 Å². The van der Waals surface area contributed by atoms with E-state index >= 15 is 0 Å². The second-order valence-electron chi connectivity index (χ2n) is 4.07. The molecule has 1 aromatic heterocycles. The van der Waals surface area contributed by atoms with E-state index in [4.69, 9.17) is 10.00 Å². The minimum atomic E-state index is 0.644. The van der Waals surface area contributed by atoms with Crippen LogP contribution in [-0.2, 0) is 6.42 Å². The number of anilines is 1. The highest BCUT2D eigenvalue weighted by Gasteiger charge is 2.09. The van der Waals surface area contributed by atoms with Crippen LogP contribution in [0, 0.1) is 18.3 Å². The monoisotopic (exact) mass is 273 g/mol. The van der Waals surface area contributed by atoms with Gasteiger partial charge in [0.25, 0.3) is 0 Å². The number of hydrogen-bond donors (Lipinski definition) is 1. The van der Waals surface area contributed by atoms with Crippen molar-refractivity contribution in [3.8, 4) is 11.8 Å². The quantitative estimate of drug-likeness (QED) is 0.910. The molecule has 0 amide bonds.